The van der Waals surface area contributed by atoms with E-state index in [0.717, 1.165) is 11.1 Å². The molecule has 1 fully saturated rings. The zero-order valence-corrected chi connectivity index (χ0v) is 15.9. The van der Waals surface area contributed by atoms with E-state index in [0.29, 0.717) is 23.7 Å². The van der Waals surface area contributed by atoms with Crippen LogP contribution in [0.25, 0.3) is 0 Å². The van der Waals surface area contributed by atoms with Crippen molar-refractivity contribution in [2.75, 3.05) is 21.3 Å². The van der Waals surface area contributed by atoms with Crippen LogP contribution in [-0.4, -0.2) is 44.3 Å². The highest BCUT2D eigenvalue weighted by Crippen LogP contribution is 2.50. The normalized spacial score (nSPS) is 33.9. The van der Waals surface area contributed by atoms with Crippen molar-refractivity contribution in [1.29, 1.82) is 0 Å². The summed E-state index contributed by atoms with van der Waals surface area (Å²) in [5, 5.41) is 10.5. The Kier molecular flexibility index (Phi) is 5.17. The molecule has 1 aromatic rings. The number of benzene rings is 1. The molecule has 26 heavy (non-hydrogen) atoms. The predicted octanol–water partition coefficient (Wildman–Crippen LogP) is 3.60. The smallest absolute Gasteiger partial charge is 0.203 e. The van der Waals surface area contributed by atoms with Gasteiger partial charge in [-0.2, -0.15) is 0 Å². The van der Waals surface area contributed by atoms with Crippen molar-refractivity contribution in [3.8, 4) is 17.2 Å². The standard InChI is InChI=1S/C20H27FO5/c1-11-6-7-13-18(17(11)22)26-16(10-20(13,2)21)12-8-14(23-3)19(25-5)15(9-12)24-4/h6,8-9,13,16-18,22H,7,10H2,1-5H3/t13-,16+,17-,18-,20?/m1/s1. The summed E-state index contributed by atoms with van der Waals surface area (Å²) in [4.78, 5) is 0. The summed E-state index contributed by atoms with van der Waals surface area (Å²) >= 11 is 0. The van der Waals surface area contributed by atoms with E-state index in [4.69, 9.17) is 18.9 Å². The number of fused-ring (bicyclic) bond motifs is 1. The van der Waals surface area contributed by atoms with Crippen molar-refractivity contribution in [3.63, 3.8) is 0 Å². The average molecular weight is 366 g/mol. The molecule has 1 N–H and O–H groups in total. The summed E-state index contributed by atoms with van der Waals surface area (Å²) in [5.41, 5.74) is 0.112. The molecule has 5 nitrogen and oxygen atoms in total. The Morgan fingerprint density at radius 3 is 2.31 bits per heavy atom. The van der Waals surface area contributed by atoms with Gasteiger partial charge in [-0.15, -0.1) is 0 Å². The number of allylic oxidation sites excluding steroid dienone is 1. The third-order valence-corrected chi connectivity index (χ3v) is 5.61. The van der Waals surface area contributed by atoms with Gasteiger partial charge in [0, 0.05) is 12.3 Å². The maximum atomic E-state index is 15.4. The van der Waals surface area contributed by atoms with E-state index >= 15 is 4.39 Å². The summed E-state index contributed by atoms with van der Waals surface area (Å²) in [6, 6.07) is 3.56. The summed E-state index contributed by atoms with van der Waals surface area (Å²) < 4.78 is 37.8. The van der Waals surface area contributed by atoms with Gasteiger partial charge < -0.3 is 24.1 Å². The Hall–Kier alpha value is -1.79. The fourth-order valence-corrected chi connectivity index (χ4v) is 4.04. The van der Waals surface area contributed by atoms with Crippen LogP contribution in [0.1, 0.15) is 38.4 Å². The van der Waals surface area contributed by atoms with Crippen molar-refractivity contribution in [2.45, 2.75) is 50.7 Å². The number of hydrogen-bond donors (Lipinski definition) is 1. The molecule has 0 aromatic heterocycles. The highest BCUT2D eigenvalue weighted by molar-refractivity contribution is 5.54. The van der Waals surface area contributed by atoms with Crippen LogP contribution in [0.3, 0.4) is 0 Å². The van der Waals surface area contributed by atoms with Gasteiger partial charge >= 0.3 is 0 Å². The molecular formula is C20H27FO5. The highest BCUT2D eigenvalue weighted by Gasteiger charge is 2.51. The first-order chi connectivity index (χ1) is 12.3. The van der Waals surface area contributed by atoms with Crippen LogP contribution in [0.5, 0.6) is 17.2 Å². The van der Waals surface area contributed by atoms with Crippen LogP contribution in [0, 0.1) is 5.92 Å². The van der Waals surface area contributed by atoms with E-state index in [9.17, 15) is 5.11 Å². The lowest BCUT2D eigenvalue weighted by Crippen LogP contribution is -2.53. The molecule has 1 heterocycles. The largest absolute Gasteiger partial charge is 0.493 e. The Balaban J connectivity index is 1.99. The Morgan fingerprint density at radius 2 is 1.77 bits per heavy atom. The molecule has 0 amide bonds. The van der Waals surface area contributed by atoms with Crippen molar-refractivity contribution in [3.05, 3.63) is 29.3 Å². The van der Waals surface area contributed by atoms with Gasteiger partial charge in [-0.3, -0.25) is 0 Å². The zero-order chi connectivity index (χ0) is 19.1. The number of rotatable bonds is 4. The quantitative estimate of drug-likeness (QED) is 0.825. The Bertz CT molecular complexity index is 674. The lowest BCUT2D eigenvalue weighted by molar-refractivity contribution is -0.183. The van der Waals surface area contributed by atoms with Crippen LogP contribution in [-0.2, 0) is 4.74 Å². The number of alkyl halides is 1. The first-order valence-corrected chi connectivity index (χ1v) is 8.81. The van der Waals surface area contributed by atoms with E-state index in [1.54, 1.807) is 19.1 Å². The van der Waals surface area contributed by atoms with E-state index in [1.807, 2.05) is 13.0 Å². The number of methoxy groups -OCH3 is 3. The first kappa shape index (κ1) is 19.0. The van der Waals surface area contributed by atoms with Crippen molar-refractivity contribution >= 4 is 0 Å². The number of hydrogen-bond acceptors (Lipinski definition) is 5. The third kappa shape index (κ3) is 3.16. The molecule has 2 aliphatic rings. The fraction of sp³-hybridized carbons (Fsp3) is 0.600. The van der Waals surface area contributed by atoms with Gasteiger partial charge in [0.05, 0.1) is 33.5 Å². The van der Waals surface area contributed by atoms with Gasteiger partial charge in [0.15, 0.2) is 11.5 Å². The molecule has 0 saturated carbocycles. The SMILES string of the molecule is COc1cc([C@@H]2CC(C)(F)[C@@H]3CC=C(C)[C@@H](O)[C@@H]3O2)cc(OC)c1OC. The predicted molar refractivity (Wildman–Crippen MR) is 95.7 cm³/mol. The highest BCUT2D eigenvalue weighted by atomic mass is 19.1. The fourth-order valence-electron chi connectivity index (χ4n) is 4.04. The molecule has 0 radical (unpaired) electrons. The van der Waals surface area contributed by atoms with Gasteiger partial charge in [0.2, 0.25) is 5.75 Å². The molecule has 0 spiro atoms. The Morgan fingerprint density at radius 1 is 1.15 bits per heavy atom. The molecule has 1 saturated heterocycles. The van der Waals surface area contributed by atoms with E-state index < -0.39 is 24.0 Å². The topological polar surface area (TPSA) is 57.2 Å². The van der Waals surface area contributed by atoms with Gasteiger partial charge in [-0.1, -0.05) is 6.08 Å². The van der Waals surface area contributed by atoms with Crippen molar-refractivity contribution in [2.24, 2.45) is 5.92 Å². The van der Waals surface area contributed by atoms with E-state index in [-0.39, 0.29) is 12.3 Å². The second-order valence-electron chi connectivity index (χ2n) is 7.27. The van der Waals surface area contributed by atoms with Crippen LogP contribution >= 0.6 is 0 Å². The lowest BCUT2D eigenvalue weighted by atomic mass is 9.71. The maximum Gasteiger partial charge on any atom is 0.203 e. The van der Waals surface area contributed by atoms with Gasteiger partial charge in [-0.05, 0) is 43.5 Å². The number of halogens is 1. The monoisotopic (exact) mass is 366 g/mol. The van der Waals surface area contributed by atoms with Gasteiger partial charge in [0.25, 0.3) is 0 Å². The molecule has 3 rings (SSSR count). The zero-order valence-electron chi connectivity index (χ0n) is 15.9. The maximum absolute atomic E-state index is 15.4. The van der Waals surface area contributed by atoms with Crippen LogP contribution < -0.4 is 14.2 Å². The minimum absolute atomic E-state index is 0.201. The number of ether oxygens (including phenoxy) is 4. The molecule has 1 aliphatic heterocycles. The van der Waals surface area contributed by atoms with Crippen LogP contribution in [0.15, 0.2) is 23.8 Å². The molecule has 1 aromatic carbocycles. The van der Waals surface area contributed by atoms with Crippen molar-refractivity contribution in [1.82, 2.24) is 0 Å². The average Bonchev–Trinajstić information content (AvgIpc) is 2.62. The first-order valence-electron chi connectivity index (χ1n) is 8.81. The number of aliphatic hydroxyl groups excluding tert-OH is 1. The molecule has 144 valence electrons. The van der Waals surface area contributed by atoms with Gasteiger partial charge in [-0.25, -0.2) is 4.39 Å². The minimum atomic E-state index is -1.45. The van der Waals surface area contributed by atoms with Crippen LogP contribution in [0.2, 0.25) is 0 Å². The third-order valence-electron chi connectivity index (χ3n) is 5.61. The summed E-state index contributed by atoms with van der Waals surface area (Å²) in [6.45, 7) is 3.45. The second kappa shape index (κ2) is 7.08. The van der Waals surface area contributed by atoms with E-state index in [2.05, 4.69) is 0 Å². The summed E-state index contributed by atoms with van der Waals surface area (Å²) in [5.74, 6) is 1.10. The molecule has 0 bridgehead atoms. The Labute approximate surface area is 153 Å². The van der Waals surface area contributed by atoms with Gasteiger partial charge in [0.1, 0.15) is 11.8 Å². The molecule has 1 unspecified atom stereocenters. The number of aliphatic hydroxyl groups is 1. The minimum Gasteiger partial charge on any atom is -0.493 e. The summed E-state index contributed by atoms with van der Waals surface area (Å²) in [7, 11) is 4.61. The molecular weight excluding hydrogens is 339 g/mol. The van der Waals surface area contributed by atoms with Crippen LogP contribution in [0.4, 0.5) is 4.39 Å². The molecule has 5 atom stereocenters. The lowest BCUT2D eigenvalue weighted by Gasteiger charge is -2.48. The molecule has 6 heteroatoms. The summed E-state index contributed by atoms with van der Waals surface area (Å²) in [6.07, 6.45) is 0.795. The second-order valence-corrected chi connectivity index (χ2v) is 7.27. The van der Waals surface area contributed by atoms with Crippen molar-refractivity contribution < 1.29 is 28.4 Å². The molecule has 1 aliphatic carbocycles. The van der Waals surface area contributed by atoms with E-state index in [1.165, 1.54) is 21.3 Å².